The van der Waals surface area contributed by atoms with Gasteiger partial charge in [0.05, 0.1) is 25.0 Å². The highest BCUT2D eigenvalue weighted by molar-refractivity contribution is 7.92. The molecule has 2 aromatic heterocycles. The monoisotopic (exact) mass is 706 g/mol. The minimum atomic E-state index is -4.08. The Kier molecular flexibility index (Phi) is 10.9. The van der Waals surface area contributed by atoms with Gasteiger partial charge in [-0.15, -0.1) is 5.10 Å². The van der Waals surface area contributed by atoms with Crippen LogP contribution in [0.2, 0.25) is 0 Å². The van der Waals surface area contributed by atoms with Crippen molar-refractivity contribution in [3.63, 3.8) is 0 Å². The summed E-state index contributed by atoms with van der Waals surface area (Å²) in [6, 6.07) is 2.67. The molecule has 2 N–H and O–H groups in total. The Morgan fingerprint density at radius 3 is 2.49 bits per heavy atom. The molecule has 1 aliphatic heterocycles. The van der Waals surface area contributed by atoms with Gasteiger partial charge >= 0.3 is 12.1 Å². The molecule has 0 radical (unpaired) electrons. The van der Waals surface area contributed by atoms with Gasteiger partial charge in [-0.2, -0.15) is 0 Å². The average Bonchev–Trinajstić information content (AvgIpc) is 3.38. The van der Waals surface area contributed by atoms with E-state index >= 15 is 0 Å². The molecule has 2 amide bonds. The number of methoxy groups -OCH3 is 1. The smallest absolute Gasteiger partial charge is 0.407 e. The van der Waals surface area contributed by atoms with Crippen LogP contribution in [0.4, 0.5) is 15.0 Å². The molecule has 0 spiro atoms. The first kappa shape index (κ1) is 37.2. The van der Waals surface area contributed by atoms with E-state index in [0.717, 1.165) is 21.1 Å². The Morgan fingerprint density at radius 1 is 1.18 bits per heavy atom. The van der Waals surface area contributed by atoms with Crippen LogP contribution in [0.25, 0.3) is 10.9 Å². The highest BCUT2D eigenvalue weighted by Crippen LogP contribution is 2.41. The fourth-order valence-corrected chi connectivity index (χ4v) is 7.02. The maximum absolute atomic E-state index is 14.1. The van der Waals surface area contributed by atoms with E-state index in [-0.39, 0.29) is 59.0 Å². The van der Waals surface area contributed by atoms with Gasteiger partial charge in [0.25, 0.3) is 11.5 Å². The van der Waals surface area contributed by atoms with Crippen LogP contribution >= 0.6 is 0 Å². The summed E-state index contributed by atoms with van der Waals surface area (Å²) in [5.74, 6) is -3.17. The molecule has 0 aliphatic carbocycles. The summed E-state index contributed by atoms with van der Waals surface area (Å²) in [4.78, 5) is 53.2. The maximum Gasteiger partial charge on any atom is 0.407 e. The quantitative estimate of drug-likeness (QED) is 0.249. The first-order valence-corrected chi connectivity index (χ1v) is 17.5. The number of likely N-dealkylation sites (N-methyl/N-ethyl adjacent to an activating group) is 1. The molecule has 1 atom stereocenters. The van der Waals surface area contributed by atoms with E-state index in [9.17, 15) is 37.1 Å². The Morgan fingerprint density at radius 2 is 1.88 bits per heavy atom. The summed E-state index contributed by atoms with van der Waals surface area (Å²) < 4.78 is 55.8. The van der Waals surface area contributed by atoms with E-state index in [2.05, 4.69) is 10.4 Å². The predicted molar refractivity (Wildman–Crippen MR) is 180 cm³/mol. The van der Waals surface area contributed by atoms with Gasteiger partial charge in [-0.25, -0.2) is 27.1 Å². The van der Waals surface area contributed by atoms with Crippen molar-refractivity contribution in [1.29, 1.82) is 0 Å². The lowest BCUT2D eigenvalue weighted by atomic mass is 10.1. The molecule has 0 fully saturated rings. The van der Waals surface area contributed by atoms with Crippen LogP contribution in [0.15, 0.2) is 23.0 Å². The van der Waals surface area contributed by atoms with Crippen LogP contribution in [-0.2, 0) is 21.3 Å². The van der Waals surface area contributed by atoms with E-state index in [0.29, 0.717) is 19.4 Å². The molecule has 268 valence electrons. The molecular formula is C32H43FN6O9S. The Bertz CT molecular complexity index is 1930. The van der Waals surface area contributed by atoms with E-state index in [1.165, 1.54) is 20.2 Å². The number of unbranched alkanes of at least 4 members (excludes halogenated alkanes) is 2. The van der Waals surface area contributed by atoms with Crippen molar-refractivity contribution in [3.05, 3.63) is 51.2 Å². The lowest BCUT2D eigenvalue weighted by molar-refractivity contribution is 0.0525. The third-order valence-electron chi connectivity index (χ3n) is 8.12. The summed E-state index contributed by atoms with van der Waals surface area (Å²) in [6.45, 7) is 9.38. The molecule has 49 heavy (non-hydrogen) atoms. The fourth-order valence-electron chi connectivity index (χ4n) is 5.79. The minimum Gasteiger partial charge on any atom is -0.493 e. The first-order chi connectivity index (χ1) is 22.9. The molecule has 1 aromatic carbocycles. The van der Waals surface area contributed by atoms with E-state index in [1.807, 2.05) is 13.8 Å². The lowest BCUT2D eigenvalue weighted by Crippen LogP contribution is -2.42. The number of carbonyl (C=O) groups excluding carboxylic acids is 2. The van der Waals surface area contributed by atoms with Crippen molar-refractivity contribution < 1.29 is 41.8 Å². The van der Waals surface area contributed by atoms with Gasteiger partial charge in [0.2, 0.25) is 10.0 Å². The number of carboxylic acids is 1. The second-order valence-corrected chi connectivity index (χ2v) is 15.0. The zero-order valence-corrected chi connectivity index (χ0v) is 29.5. The zero-order chi connectivity index (χ0) is 36.4. The molecule has 3 aromatic rings. The first-order valence-electron chi connectivity index (χ1n) is 15.9. The fraction of sp³-hybridized carbons (Fsp3) is 0.531. The summed E-state index contributed by atoms with van der Waals surface area (Å²) in [6.07, 6.45) is 0.619. The standard InChI is InChI=1S/C32H43FN6O9S/c1-8-37-17-19(2)39-24-23(26(47-7)25(39)29(37)41)28(40)38(18-20-12-13-21(33)16-22(20)30(42)43)35-27(24)36(6)49(45,46)15-11-9-10-14-34-31(44)48-32(3,4)5/h12-13,16,19H,8-11,14-15,17-18H2,1-7H3,(H,34,44)(H,42,43)/t19-/m0/s1. The number of amides is 2. The van der Waals surface area contributed by atoms with Crippen LogP contribution in [0.3, 0.4) is 0 Å². The van der Waals surface area contributed by atoms with Crippen LogP contribution < -0.4 is 19.9 Å². The number of sulfonamides is 1. The van der Waals surface area contributed by atoms with E-state index in [1.54, 1.807) is 30.2 Å². The number of aromatic carboxylic acids is 1. The van der Waals surface area contributed by atoms with Crippen molar-refractivity contribution in [2.45, 2.75) is 72.1 Å². The molecule has 0 saturated heterocycles. The normalized spacial score (nSPS) is 14.9. The van der Waals surface area contributed by atoms with E-state index in [4.69, 9.17) is 9.47 Å². The highest BCUT2D eigenvalue weighted by Gasteiger charge is 2.39. The minimum absolute atomic E-state index is 0.0452. The van der Waals surface area contributed by atoms with Gasteiger partial charge < -0.3 is 29.4 Å². The Balaban J connectivity index is 1.77. The van der Waals surface area contributed by atoms with Crippen molar-refractivity contribution in [2.24, 2.45) is 0 Å². The molecule has 4 rings (SSSR count). The number of ether oxygens (including phenoxy) is 2. The summed E-state index contributed by atoms with van der Waals surface area (Å²) in [7, 11) is -1.50. The summed E-state index contributed by atoms with van der Waals surface area (Å²) in [5, 5.41) is 16.7. The molecule has 17 heteroatoms. The number of carboxylic acid groups (broad SMARTS) is 1. The molecule has 3 heterocycles. The number of fused-ring (bicyclic) bond motifs is 3. The number of alkyl carbamates (subject to hydrolysis) is 1. The molecule has 0 saturated carbocycles. The number of rotatable bonds is 13. The lowest BCUT2D eigenvalue weighted by Gasteiger charge is -2.33. The third kappa shape index (κ3) is 7.81. The SMILES string of the molecule is CCN1C[C@H](C)n2c(c(OC)c3c(=O)n(Cc4ccc(F)cc4C(=O)O)nc(N(C)S(=O)(=O)CCCCCNC(=O)OC(C)(C)C)c32)C1=O. The molecule has 15 nitrogen and oxygen atoms in total. The molecular weight excluding hydrogens is 663 g/mol. The number of benzene rings is 1. The van der Waals surface area contributed by atoms with E-state index < -0.39 is 63.1 Å². The number of nitrogens with one attached hydrogen (secondary N) is 1. The molecule has 1 aliphatic rings. The molecule has 0 bridgehead atoms. The van der Waals surface area contributed by atoms with Crippen LogP contribution in [0, 0.1) is 5.82 Å². The number of carbonyl (C=O) groups is 3. The van der Waals surface area contributed by atoms with Crippen molar-refractivity contribution in [3.8, 4) is 5.75 Å². The number of hydrogen-bond donors (Lipinski definition) is 2. The second-order valence-electron chi connectivity index (χ2n) is 12.8. The third-order valence-corrected chi connectivity index (χ3v) is 9.93. The number of nitrogens with zero attached hydrogens (tertiary/aromatic N) is 5. The van der Waals surface area contributed by atoms with Gasteiger partial charge in [0.15, 0.2) is 17.3 Å². The van der Waals surface area contributed by atoms with Gasteiger partial charge in [-0.05, 0) is 65.2 Å². The average molecular weight is 707 g/mol. The van der Waals surface area contributed by atoms with Gasteiger partial charge in [0, 0.05) is 32.7 Å². The molecule has 0 unspecified atom stereocenters. The van der Waals surface area contributed by atoms with Crippen LogP contribution in [0.1, 0.15) is 86.3 Å². The topological polar surface area (TPSA) is 182 Å². The largest absolute Gasteiger partial charge is 0.493 e. The predicted octanol–water partition coefficient (Wildman–Crippen LogP) is 3.59. The Labute approximate surface area is 283 Å². The van der Waals surface area contributed by atoms with Gasteiger partial charge in [-0.1, -0.05) is 12.5 Å². The van der Waals surface area contributed by atoms with Crippen molar-refractivity contribution in [2.75, 3.05) is 43.8 Å². The number of anilines is 1. The number of aromatic nitrogens is 3. The van der Waals surface area contributed by atoms with Gasteiger partial charge in [-0.3, -0.25) is 13.9 Å². The zero-order valence-electron chi connectivity index (χ0n) is 28.7. The van der Waals surface area contributed by atoms with Crippen LogP contribution in [0.5, 0.6) is 5.75 Å². The van der Waals surface area contributed by atoms with Crippen LogP contribution in [-0.4, -0.2) is 95.9 Å². The van der Waals surface area contributed by atoms with Crippen molar-refractivity contribution in [1.82, 2.24) is 24.6 Å². The maximum atomic E-state index is 14.1. The number of halogens is 1. The summed E-state index contributed by atoms with van der Waals surface area (Å²) in [5.41, 5.74) is -1.62. The van der Waals surface area contributed by atoms with Gasteiger partial charge in [0.1, 0.15) is 22.3 Å². The van der Waals surface area contributed by atoms with Crippen molar-refractivity contribution >= 4 is 44.7 Å². The number of hydrogen-bond acceptors (Lipinski definition) is 9. The summed E-state index contributed by atoms with van der Waals surface area (Å²) >= 11 is 0. The second kappa shape index (κ2) is 14.4. The highest BCUT2D eigenvalue weighted by atomic mass is 32.2. The Hall–Kier alpha value is -4.67.